The van der Waals surface area contributed by atoms with Gasteiger partial charge in [0, 0.05) is 25.9 Å². The van der Waals surface area contributed by atoms with Gasteiger partial charge in [0.1, 0.15) is 11.9 Å². The van der Waals surface area contributed by atoms with E-state index in [9.17, 15) is 0 Å². The van der Waals surface area contributed by atoms with Gasteiger partial charge in [-0.2, -0.15) is 0 Å². The first kappa shape index (κ1) is 19.2. The Hall–Kier alpha value is -2.57. The van der Waals surface area contributed by atoms with Crippen molar-refractivity contribution in [1.82, 2.24) is 20.6 Å². The minimum Gasteiger partial charge on any atom is -0.474 e. The monoisotopic (exact) mass is 371 g/mol. The predicted octanol–water partition coefficient (Wildman–Crippen LogP) is 3.26. The van der Waals surface area contributed by atoms with Crippen molar-refractivity contribution in [3.63, 3.8) is 0 Å². The smallest absolute Gasteiger partial charge is 0.214 e. The Balaban J connectivity index is 1.44. The van der Waals surface area contributed by atoms with Crippen LogP contribution in [0.1, 0.15) is 55.0 Å². The molecule has 27 heavy (non-hydrogen) atoms. The fraction of sp³-hybridized carbons (Fsp3) is 0.550. The molecular formula is C20H29N5O2. The van der Waals surface area contributed by atoms with Crippen LogP contribution in [0.4, 0.5) is 0 Å². The maximum atomic E-state index is 5.97. The third-order valence-electron chi connectivity index (χ3n) is 4.80. The Kier molecular flexibility index (Phi) is 6.68. The van der Waals surface area contributed by atoms with Crippen LogP contribution in [-0.4, -0.2) is 29.1 Å². The van der Waals surface area contributed by atoms with E-state index in [2.05, 4.69) is 25.6 Å². The van der Waals surface area contributed by atoms with E-state index in [0.29, 0.717) is 36.9 Å². The second-order valence-corrected chi connectivity index (χ2v) is 6.91. The summed E-state index contributed by atoms with van der Waals surface area (Å²) in [6.45, 7) is 4.96. The fourth-order valence-corrected chi connectivity index (χ4v) is 3.12. The van der Waals surface area contributed by atoms with Crippen LogP contribution in [0.3, 0.4) is 0 Å². The lowest BCUT2D eigenvalue weighted by Crippen LogP contribution is -2.36. The molecule has 1 aliphatic rings. The highest BCUT2D eigenvalue weighted by Gasteiger charge is 2.15. The maximum Gasteiger partial charge on any atom is 0.214 e. The van der Waals surface area contributed by atoms with Crippen molar-refractivity contribution >= 4 is 5.96 Å². The SMILES string of the molecule is CN=C(NCc1ccc(OC2CCCCC2)nc1)NCc1nc(C)c(C)o1. The zero-order chi connectivity index (χ0) is 19.1. The molecule has 0 radical (unpaired) electrons. The third kappa shape index (κ3) is 5.70. The number of hydrogen-bond acceptors (Lipinski definition) is 5. The highest BCUT2D eigenvalue weighted by molar-refractivity contribution is 5.79. The van der Waals surface area contributed by atoms with Gasteiger partial charge in [-0.1, -0.05) is 12.5 Å². The molecule has 0 aliphatic heterocycles. The van der Waals surface area contributed by atoms with Gasteiger partial charge in [-0.05, 0) is 45.1 Å². The molecular weight excluding hydrogens is 342 g/mol. The summed E-state index contributed by atoms with van der Waals surface area (Å²) in [5.74, 6) is 2.89. The number of aromatic nitrogens is 2. The molecule has 0 amide bonds. The molecule has 146 valence electrons. The van der Waals surface area contributed by atoms with E-state index in [1.54, 1.807) is 7.05 Å². The largest absolute Gasteiger partial charge is 0.474 e. The number of ether oxygens (including phenoxy) is 1. The second kappa shape index (κ2) is 9.39. The van der Waals surface area contributed by atoms with Crippen molar-refractivity contribution in [2.24, 2.45) is 4.99 Å². The predicted molar refractivity (Wildman–Crippen MR) is 105 cm³/mol. The first-order valence-electron chi connectivity index (χ1n) is 9.63. The third-order valence-corrected chi connectivity index (χ3v) is 4.80. The molecule has 3 rings (SSSR count). The normalized spacial score (nSPS) is 15.6. The molecule has 7 heteroatoms. The van der Waals surface area contributed by atoms with E-state index < -0.39 is 0 Å². The van der Waals surface area contributed by atoms with Gasteiger partial charge in [0.2, 0.25) is 11.8 Å². The van der Waals surface area contributed by atoms with E-state index >= 15 is 0 Å². The highest BCUT2D eigenvalue weighted by Crippen LogP contribution is 2.22. The van der Waals surface area contributed by atoms with Crippen LogP contribution >= 0.6 is 0 Å². The number of guanidine groups is 1. The molecule has 2 N–H and O–H groups in total. The van der Waals surface area contributed by atoms with Crippen molar-refractivity contribution in [3.05, 3.63) is 41.2 Å². The first-order valence-corrected chi connectivity index (χ1v) is 9.63. The highest BCUT2D eigenvalue weighted by atomic mass is 16.5. The first-order chi connectivity index (χ1) is 13.1. The Morgan fingerprint density at radius 2 is 1.96 bits per heavy atom. The van der Waals surface area contributed by atoms with Crippen molar-refractivity contribution < 1.29 is 9.15 Å². The Morgan fingerprint density at radius 3 is 2.59 bits per heavy atom. The van der Waals surface area contributed by atoms with Crippen LogP contribution in [0.25, 0.3) is 0 Å². The Bertz CT molecular complexity index is 729. The standard InChI is InChI=1S/C20H29N5O2/c1-14-15(2)26-19(25-14)13-24-20(21-3)23-12-16-9-10-18(22-11-16)27-17-7-5-4-6-8-17/h9-11,17H,4-8,12-13H2,1-3H3,(H2,21,23,24). The van der Waals surface area contributed by atoms with Crippen LogP contribution in [0.15, 0.2) is 27.7 Å². The summed E-state index contributed by atoms with van der Waals surface area (Å²) in [5, 5.41) is 6.47. The molecule has 1 fully saturated rings. The van der Waals surface area contributed by atoms with Crippen molar-refractivity contribution in [3.8, 4) is 5.88 Å². The zero-order valence-corrected chi connectivity index (χ0v) is 16.4. The average Bonchev–Trinajstić information content (AvgIpc) is 3.01. The number of aliphatic imine (C=N–C) groups is 1. The van der Waals surface area contributed by atoms with Crippen LogP contribution in [0, 0.1) is 13.8 Å². The van der Waals surface area contributed by atoms with Crippen molar-refractivity contribution in [2.75, 3.05) is 7.05 Å². The lowest BCUT2D eigenvalue weighted by atomic mass is 9.98. The minimum absolute atomic E-state index is 0.320. The maximum absolute atomic E-state index is 5.97. The van der Waals surface area contributed by atoms with Gasteiger partial charge in [-0.15, -0.1) is 0 Å². The molecule has 1 aliphatic carbocycles. The summed E-state index contributed by atoms with van der Waals surface area (Å²) in [6.07, 6.45) is 8.27. The quantitative estimate of drug-likeness (QED) is 0.599. The number of rotatable bonds is 6. The van der Waals surface area contributed by atoms with E-state index in [0.717, 1.165) is 29.9 Å². The molecule has 2 heterocycles. The number of aryl methyl sites for hydroxylation is 2. The lowest BCUT2D eigenvalue weighted by molar-refractivity contribution is 0.148. The Morgan fingerprint density at radius 1 is 1.19 bits per heavy atom. The molecule has 2 aromatic heterocycles. The molecule has 1 saturated carbocycles. The van der Waals surface area contributed by atoms with Crippen LogP contribution < -0.4 is 15.4 Å². The van der Waals surface area contributed by atoms with Gasteiger partial charge in [-0.25, -0.2) is 9.97 Å². The van der Waals surface area contributed by atoms with Crippen LogP contribution in [0.5, 0.6) is 5.88 Å². The fourth-order valence-electron chi connectivity index (χ4n) is 3.12. The topological polar surface area (TPSA) is 84.6 Å². The second-order valence-electron chi connectivity index (χ2n) is 6.91. The molecule has 0 saturated heterocycles. The number of oxazole rings is 1. The van der Waals surface area contributed by atoms with E-state index in [-0.39, 0.29) is 0 Å². The minimum atomic E-state index is 0.320. The zero-order valence-electron chi connectivity index (χ0n) is 16.4. The summed E-state index contributed by atoms with van der Waals surface area (Å²) in [6, 6.07) is 3.98. The van der Waals surface area contributed by atoms with Crippen LogP contribution in [-0.2, 0) is 13.1 Å². The number of nitrogens with one attached hydrogen (secondary N) is 2. The van der Waals surface area contributed by atoms with Crippen molar-refractivity contribution in [2.45, 2.75) is 65.1 Å². The summed E-state index contributed by atoms with van der Waals surface area (Å²) >= 11 is 0. The van der Waals surface area contributed by atoms with Gasteiger partial charge in [0.15, 0.2) is 5.96 Å². The Labute approximate surface area is 160 Å². The molecule has 0 atom stereocenters. The van der Waals surface area contributed by atoms with Gasteiger partial charge >= 0.3 is 0 Å². The van der Waals surface area contributed by atoms with Gasteiger partial charge < -0.3 is 19.8 Å². The van der Waals surface area contributed by atoms with Gasteiger partial charge in [0.25, 0.3) is 0 Å². The number of hydrogen-bond donors (Lipinski definition) is 2. The van der Waals surface area contributed by atoms with Gasteiger partial charge in [0.05, 0.1) is 12.2 Å². The number of pyridine rings is 1. The van der Waals surface area contributed by atoms with Crippen LogP contribution in [0.2, 0.25) is 0 Å². The van der Waals surface area contributed by atoms with Crippen molar-refractivity contribution in [1.29, 1.82) is 0 Å². The molecule has 0 spiro atoms. The summed E-state index contributed by atoms with van der Waals surface area (Å²) < 4.78 is 11.5. The van der Waals surface area contributed by atoms with E-state index in [1.807, 2.05) is 32.2 Å². The summed E-state index contributed by atoms with van der Waals surface area (Å²) in [4.78, 5) is 13.0. The van der Waals surface area contributed by atoms with Gasteiger partial charge in [-0.3, -0.25) is 4.99 Å². The molecule has 0 aromatic carbocycles. The van der Waals surface area contributed by atoms with E-state index in [1.165, 1.54) is 19.3 Å². The number of nitrogens with zero attached hydrogens (tertiary/aromatic N) is 3. The summed E-state index contributed by atoms with van der Waals surface area (Å²) in [5.41, 5.74) is 1.98. The molecule has 0 unspecified atom stereocenters. The molecule has 2 aromatic rings. The average molecular weight is 371 g/mol. The molecule has 7 nitrogen and oxygen atoms in total. The van der Waals surface area contributed by atoms with E-state index in [4.69, 9.17) is 9.15 Å². The molecule has 0 bridgehead atoms. The lowest BCUT2D eigenvalue weighted by Gasteiger charge is -2.22. The summed E-state index contributed by atoms with van der Waals surface area (Å²) in [7, 11) is 1.74.